The van der Waals surface area contributed by atoms with E-state index in [4.69, 9.17) is 74.3 Å². The number of hydrogen-bond donors (Lipinski definition) is 0. The summed E-state index contributed by atoms with van der Waals surface area (Å²) in [4.78, 5) is 0. The monoisotopic (exact) mass is 402 g/mol. The standard InChI is InChI=1S/C14H8Cl6O/c1-5-9(3-7(15)13(19)11(5)17)21-10-4-8(16)14(20)12(18)6(10)2/h3-4H,1-2H3. The fourth-order valence-corrected chi connectivity index (χ4v) is 2.93. The Morgan fingerprint density at radius 1 is 0.619 bits per heavy atom. The van der Waals surface area contributed by atoms with E-state index in [2.05, 4.69) is 0 Å². The van der Waals surface area contributed by atoms with Crippen molar-refractivity contribution in [3.05, 3.63) is 53.4 Å². The first kappa shape index (κ1) is 17.3. The predicted octanol–water partition coefficient (Wildman–Crippen LogP) is 8.02. The molecule has 0 fully saturated rings. The molecule has 112 valence electrons. The third kappa shape index (κ3) is 3.34. The van der Waals surface area contributed by atoms with E-state index < -0.39 is 0 Å². The maximum absolute atomic E-state index is 6.11. The van der Waals surface area contributed by atoms with Crippen LogP contribution in [0.3, 0.4) is 0 Å². The third-order valence-electron chi connectivity index (χ3n) is 2.94. The van der Waals surface area contributed by atoms with E-state index in [0.717, 1.165) is 0 Å². The first-order valence-corrected chi connectivity index (χ1v) is 7.96. The average Bonchev–Trinajstić information content (AvgIpc) is 2.45. The van der Waals surface area contributed by atoms with Crippen LogP contribution in [-0.2, 0) is 0 Å². The molecule has 0 amide bonds. The van der Waals surface area contributed by atoms with E-state index in [-0.39, 0.29) is 10.0 Å². The maximum atomic E-state index is 6.11. The second-order valence-electron chi connectivity index (χ2n) is 4.32. The predicted molar refractivity (Wildman–Crippen MR) is 92.5 cm³/mol. The first-order chi connectivity index (χ1) is 9.73. The van der Waals surface area contributed by atoms with Gasteiger partial charge in [0.05, 0.1) is 30.1 Å². The summed E-state index contributed by atoms with van der Waals surface area (Å²) in [5.41, 5.74) is 1.32. The lowest BCUT2D eigenvalue weighted by atomic mass is 10.2. The summed E-state index contributed by atoms with van der Waals surface area (Å²) in [7, 11) is 0. The number of hydrogen-bond acceptors (Lipinski definition) is 1. The van der Waals surface area contributed by atoms with Crippen molar-refractivity contribution in [2.45, 2.75) is 13.8 Å². The molecule has 21 heavy (non-hydrogen) atoms. The van der Waals surface area contributed by atoms with Gasteiger partial charge in [-0.1, -0.05) is 69.6 Å². The number of ether oxygens (including phenoxy) is 1. The summed E-state index contributed by atoms with van der Waals surface area (Å²) in [5.74, 6) is 0.930. The molecule has 0 aliphatic carbocycles. The van der Waals surface area contributed by atoms with Crippen molar-refractivity contribution in [2.24, 2.45) is 0 Å². The minimum atomic E-state index is 0.284. The molecule has 0 saturated heterocycles. The zero-order valence-electron chi connectivity index (χ0n) is 10.8. The topological polar surface area (TPSA) is 9.23 Å². The lowest BCUT2D eigenvalue weighted by molar-refractivity contribution is 0.475. The van der Waals surface area contributed by atoms with E-state index in [1.54, 1.807) is 26.0 Å². The van der Waals surface area contributed by atoms with E-state index in [9.17, 15) is 0 Å². The van der Waals surface area contributed by atoms with Crippen LogP contribution in [-0.4, -0.2) is 0 Å². The summed E-state index contributed by atoms with van der Waals surface area (Å²) in [6.45, 7) is 3.54. The van der Waals surface area contributed by atoms with Gasteiger partial charge in [0.25, 0.3) is 0 Å². The molecule has 2 rings (SSSR count). The zero-order chi connectivity index (χ0) is 15.9. The maximum Gasteiger partial charge on any atom is 0.133 e. The largest absolute Gasteiger partial charge is 0.457 e. The molecule has 2 aromatic carbocycles. The van der Waals surface area contributed by atoms with Gasteiger partial charge in [0, 0.05) is 23.3 Å². The van der Waals surface area contributed by atoms with E-state index in [1.807, 2.05) is 0 Å². The van der Waals surface area contributed by atoms with Crippen molar-refractivity contribution in [1.29, 1.82) is 0 Å². The van der Waals surface area contributed by atoms with Gasteiger partial charge in [0.15, 0.2) is 0 Å². The van der Waals surface area contributed by atoms with Crippen LogP contribution in [0, 0.1) is 13.8 Å². The van der Waals surface area contributed by atoms with Crippen LogP contribution >= 0.6 is 69.6 Å². The molecule has 0 spiro atoms. The normalized spacial score (nSPS) is 10.9. The Morgan fingerprint density at radius 2 is 0.952 bits per heavy atom. The summed E-state index contributed by atoms with van der Waals surface area (Å²) in [5, 5.41) is 1.84. The van der Waals surface area contributed by atoms with Crippen LogP contribution in [0.5, 0.6) is 11.5 Å². The molecule has 0 N–H and O–H groups in total. The molecule has 0 unspecified atom stereocenters. The molecule has 0 heterocycles. The zero-order valence-corrected chi connectivity index (χ0v) is 15.4. The summed E-state index contributed by atoms with van der Waals surface area (Å²) in [6, 6.07) is 3.17. The molecule has 1 nitrogen and oxygen atoms in total. The highest BCUT2D eigenvalue weighted by Gasteiger charge is 2.17. The molecule has 7 heteroatoms. The molecule has 0 saturated carbocycles. The molecular formula is C14H8Cl6O. The Balaban J connectivity index is 2.54. The molecule has 0 aromatic heterocycles. The van der Waals surface area contributed by atoms with Gasteiger partial charge in [-0.05, 0) is 13.8 Å². The minimum Gasteiger partial charge on any atom is -0.457 e. The minimum absolute atomic E-state index is 0.284. The number of rotatable bonds is 2. The van der Waals surface area contributed by atoms with Crippen LogP contribution in [0.25, 0.3) is 0 Å². The van der Waals surface area contributed by atoms with Crippen molar-refractivity contribution in [2.75, 3.05) is 0 Å². The van der Waals surface area contributed by atoms with Crippen molar-refractivity contribution < 1.29 is 4.74 Å². The second-order valence-corrected chi connectivity index (χ2v) is 6.65. The van der Waals surface area contributed by atoms with Gasteiger partial charge in [0.2, 0.25) is 0 Å². The molecule has 0 atom stereocenters. The summed E-state index contributed by atoms with van der Waals surface area (Å²) < 4.78 is 5.82. The van der Waals surface area contributed by atoms with Gasteiger partial charge in [-0.15, -0.1) is 0 Å². The van der Waals surface area contributed by atoms with Crippen LogP contribution < -0.4 is 4.74 Å². The summed E-state index contributed by atoms with van der Waals surface area (Å²) in [6.07, 6.45) is 0. The highest BCUT2D eigenvalue weighted by Crippen LogP contribution is 2.43. The lowest BCUT2D eigenvalue weighted by Crippen LogP contribution is -1.93. The first-order valence-electron chi connectivity index (χ1n) is 5.70. The fraction of sp³-hybridized carbons (Fsp3) is 0.143. The van der Waals surface area contributed by atoms with Crippen molar-refractivity contribution in [1.82, 2.24) is 0 Å². The van der Waals surface area contributed by atoms with Gasteiger partial charge < -0.3 is 4.74 Å². The van der Waals surface area contributed by atoms with Gasteiger partial charge in [-0.25, -0.2) is 0 Å². The SMILES string of the molecule is Cc1c(Oc2cc(Cl)c(Cl)c(Cl)c2C)cc(Cl)c(Cl)c1Cl. The highest BCUT2D eigenvalue weighted by atomic mass is 35.5. The van der Waals surface area contributed by atoms with Crippen LogP contribution in [0.4, 0.5) is 0 Å². The molecule has 0 aliphatic rings. The quantitative estimate of drug-likeness (QED) is 0.460. The molecule has 2 aromatic rings. The molecular weight excluding hydrogens is 397 g/mol. The summed E-state index contributed by atoms with van der Waals surface area (Å²) >= 11 is 36.2. The molecule has 0 aliphatic heterocycles. The van der Waals surface area contributed by atoms with Gasteiger partial charge in [0.1, 0.15) is 11.5 Å². The lowest BCUT2D eigenvalue weighted by Gasteiger charge is -2.15. The van der Waals surface area contributed by atoms with Crippen LogP contribution in [0.15, 0.2) is 12.1 Å². The van der Waals surface area contributed by atoms with Gasteiger partial charge in [-0.3, -0.25) is 0 Å². The van der Waals surface area contributed by atoms with Crippen molar-refractivity contribution in [3.63, 3.8) is 0 Å². The van der Waals surface area contributed by atoms with E-state index in [1.165, 1.54) is 0 Å². The fourth-order valence-electron chi connectivity index (χ4n) is 1.66. The third-order valence-corrected chi connectivity index (χ3v) is 5.65. The Kier molecular flexibility index (Phi) is 5.46. The second kappa shape index (κ2) is 6.62. The number of halogens is 6. The highest BCUT2D eigenvalue weighted by molar-refractivity contribution is 6.49. The Bertz CT molecular complexity index is 665. The smallest absolute Gasteiger partial charge is 0.133 e. The van der Waals surface area contributed by atoms with Crippen LogP contribution in [0.2, 0.25) is 30.1 Å². The van der Waals surface area contributed by atoms with Crippen molar-refractivity contribution >= 4 is 69.6 Å². The van der Waals surface area contributed by atoms with Gasteiger partial charge in [-0.2, -0.15) is 0 Å². The Hall–Kier alpha value is -0.0200. The molecule has 0 bridgehead atoms. The Labute approximate surface area is 152 Å². The molecule has 0 radical (unpaired) electrons. The van der Waals surface area contributed by atoms with E-state index >= 15 is 0 Å². The Morgan fingerprint density at radius 3 is 1.29 bits per heavy atom. The van der Waals surface area contributed by atoms with E-state index in [0.29, 0.717) is 42.7 Å². The van der Waals surface area contributed by atoms with Gasteiger partial charge >= 0.3 is 0 Å². The number of benzene rings is 2. The average molecular weight is 405 g/mol. The van der Waals surface area contributed by atoms with Crippen LogP contribution in [0.1, 0.15) is 11.1 Å². The van der Waals surface area contributed by atoms with Crippen molar-refractivity contribution in [3.8, 4) is 11.5 Å².